The molecule has 1 aromatic carbocycles. The highest BCUT2D eigenvalue weighted by Crippen LogP contribution is 2.31. The maximum atomic E-state index is 13.3. The standard InChI is InChI=1S/C10H8BrF2NO/c11-6-3-7(12)9(8(13)4-6)14-10(15)5-1-2-5/h3-5H,1-2H2,(H,14,15). The lowest BCUT2D eigenvalue weighted by Crippen LogP contribution is -2.15. The van der Waals surface area contributed by atoms with Crippen molar-refractivity contribution in [3.05, 3.63) is 28.2 Å². The van der Waals surface area contributed by atoms with Crippen LogP contribution >= 0.6 is 15.9 Å². The van der Waals surface area contributed by atoms with Crippen LogP contribution in [0.4, 0.5) is 14.5 Å². The maximum Gasteiger partial charge on any atom is 0.227 e. The van der Waals surface area contributed by atoms with Crippen molar-refractivity contribution in [1.29, 1.82) is 0 Å². The van der Waals surface area contributed by atoms with Gasteiger partial charge in [-0.2, -0.15) is 0 Å². The van der Waals surface area contributed by atoms with Crippen LogP contribution in [0.3, 0.4) is 0 Å². The highest BCUT2D eigenvalue weighted by molar-refractivity contribution is 9.10. The second-order valence-electron chi connectivity index (χ2n) is 3.51. The van der Waals surface area contributed by atoms with Crippen molar-refractivity contribution in [2.75, 3.05) is 5.32 Å². The molecule has 0 bridgehead atoms. The molecule has 1 aromatic rings. The molecule has 80 valence electrons. The van der Waals surface area contributed by atoms with Gasteiger partial charge in [-0.3, -0.25) is 4.79 Å². The highest BCUT2D eigenvalue weighted by atomic mass is 79.9. The predicted molar refractivity (Wildman–Crippen MR) is 55.4 cm³/mol. The van der Waals surface area contributed by atoms with E-state index in [2.05, 4.69) is 21.2 Å². The predicted octanol–water partition coefficient (Wildman–Crippen LogP) is 3.08. The van der Waals surface area contributed by atoms with Crippen LogP contribution in [0, 0.1) is 17.6 Å². The first kappa shape index (κ1) is 10.5. The number of anilines is 1. The first-order chi connectivity index (χ1) is 7.08. The van der Waals surface area contributed by atoms with Crippen LogP contribution < -0.4 is 5.32 Å². The van der Waals surface area contributed by atoms with Crippen molar-refractivity contribution >= 4 is 27.5 Å². The molecule has 1 fully saturated rings. The number of hydrogen-bond acceptors (Lipinski definition) is 1. The summed E-state index contributed by atoms with van der Waals surface area (Å²) in [4.78, 5) is 11.3. The lowest BCUT2D eigenvalue weighted by molar-refractivity contribution is -0.117. The molecule has 1 N–H and O–H groups in total. The largest absolute Gasteiger partial charge is 0.321 e. The molecule has 15 heavy (non-hydrogen) atoms. The Morgan fingerprint density at radius 3 is 2.33 bits per heavy atom. The molecule has 1 amide bonds. The van der Waals surface area contributed by atoms with E-state index < -0.39 is 11.6 Å². The first-order valence-corrected chi connectivity index (χ1v) is 5.32. The second-order valence-corrected chi connectivity index (χ2v) is 4.42. The summed E-state index contributed by atoms with van der Waals surface area (Å²) in [6, 6.07) is 2.23. The van der Waals surface area contributed by atoms with Crippen LogP contribution in [0.2, 0.25) is 0 Å². The summed E-state index contributed by atoms with van der Waals surface area (Å²) in [5.41, 5.74) is -0.366. The third kappa shape index (κ3) is 2.34. The van der Waals surface area contributed by atoms with Gasteiger partial charge in [0.25, 0.3) is 0 Å². The molecule has 5 heteroatoms. The number of benzene rings is 1. The van der Waals surface area contributed by atoms with E-state index in [0.717, 1.165) is 25.0 Å². The summed E-state index contributed by atoms with van der Waals surface area (Å²) in [5, 5.41) is 2.26. The zero-order chi connectivity index (χ0) is 11.0. The Balaban J connectivity index is 2.23. The van der Waals surface area contributed by atoms with E-state index in [1.807, 2.05) is 0 Å². The Morgan fingerprint density at radius 1 is 1.33 bits per heavy atom. The Morgan fingerprint density at radius 2 is 1.87 bits per heavy atom. The van der Waals surface area contributed by atoms with Crippen LogP contribution in [0.15, 0.2) is 16.6 Å². The number of rotatable bonds is 2. The van der Waals surface area contributed by atoms with Crippen molar-refractivity contribution in [1.82, 2.24) is 0 Å². The fraction of sp³-hybridized carbons (Fsp3) is 0.300. The summed E-state index contributed by atoms with van der Waals surface area (Å²) in [6.07, 6.45) is 1.59. The van der Waals surface area contributed by atoms with Gasteiger partial charge in [0.15, 0.2) is 11.6 Å². The molecule has 0 heterocycles. The molecule has 0 saturated heterocycles. The van der Waals surface area contributed by atoms with Gasteiger partial charge in [0.2, 0.25) is 5.91 Å². The monoisotopic (exact) mass is 275 g/mol. The fourth-order valence-corrected chi connectivity index (χ4v) is 1.63. The third-order valence-electron chi connectivity index (χ3n) is 2.20. The maximum absolute atomic E-state index is 13.3. The molecule has 0 spiro atoms. The smallest absolute Gasteiger partial charge is 0.227 e. The fourth-order valence-electron chi connectivity index (χ4n) is 1.23. The molecule has 2 nitrogen and oxygen atoms in total. The molecule has 0 atom stereocenters. The summed E-state index contributed by atoms with van der Waals surface area (Å²) in [6.45, 7) is 0. The van der Waals surface area contributed by atoms with Gasteiger partial charge in [0.1, 0.15) is 5.69 Å². The number of amides is 1. The SMILES string of the molecule is O=C(Nc1c(F)cc(Br)cc1F)C1CC1. The van der Waals surface area contributed by atoms with E-state index in [0.29, 0.717) is 4.47 Å². The Labute approximate surface area is 93.8 Å². The summed E-state index contributed by atoms with van der Waals surface area (Å²) >= 11 is 2.96. The number of hydrogen-bond donors (Lipinski definition) is 1. The number of carbonyl (C=O) groups is 1. The topological polar surface area (TPSA) is 29.1 Å². The van der Waals surface area contributed by atoms with Crippen LogP contribution in [0.1, 0.15) is 12.8 Å². The van der Waals surface area contributed by atoms with Crippen molar-refractivity contribution in [2.45, 2.75) is 12.8 Å². The molecule has 0 unspecified atom stereocenters. The molecular weight excluding hydrogens is 268 g/mol. The lowest BCUT2D eigenvalue weighted by atomic mass is 10.2. The van der Waals surface area contributed by atoms with E-state index >= 15 is 0 Å². The van der Waals surface area contributed by atoms with Gasteiger partial charge in [0.05, 0.1) is 0 Å². The average molecular weight is 276 g/mol. The van der Waals surface area contributed by atoms with Gasteiger partial charge in [-0.15, -0.1) is 0 Å². The van der Waals surface area contributed by atoms with Gasteiger partial charge >= 0.3 is 0 Å². The summed E-state index contributed by atoms with van der Waals surface area (Å²) in [7, 11) is 0. The molecule has 1 saturated carbocycles. The van der Waals surface area contributed by atoms with E-state index in [4.69, 9.17) is 0 Å². The van der Waals surface area contributed by atoms with Crippen LogP contribution in [-0.4, -0.2) is 5.91 Å². The first-order valence-electron chi connectivity index (χ1n) is 4.53. The van der Waals surface area contributed by atoms with Crippen molar-refractivity contribution in [2.24, 2.45) is 5.92 Å². The minimum absolute atomic E-state index is 0.0764. The van der Waals surface area contributed by atoms with Gasteiger partial charge in [-0.1, -0.05) is 15.9 Å². The minimum atomic E-state index is -0.768. The van der Waals surface area contributed by atoms with Crippen molar-refractivity contribution in [3.63, 3.8) is 0 Å². The number of nitrogens with one attached hydrogen (secondary N) is 1. The second kappa shape index (κ2) is 3.89. The van der Waals surface area contributed by atoms with E-state index in [1.165, 1.54) is 0 Å². The molecule has 0 aliphatic heterocycles. The molecule has 0 aromatic heterocycles. The van der Waals surface area contributed by atoms with Crippen LogP contribution in [0.25, 0.3) is 0 Å². The molecular formula is C10H8BrF2NO. The summed E-state index contributed by atoms with van der Waals surface area (Å²) in [5.74, 6) is -1.92. The quantitative estimate of drug-likeness (QED) is 0.883. The van der Waals surface area contributed by atoms with Crippen molar-refractivity contribution in [3.8, 4) is 0 Å². The van der Waals surface area contributed by atoms with Gasteiger partial charge in [-0.25, -0.2) is 8.78 Å². The summed E-state index contributed by atoms with van der Waals surface area (Å²) < 4.78 is 26.8. The lowest BCUT2D eigenvalue weighted by Gasteiger charge is -2.07. The third-order valence-corrected chi connectivity index (χ3v) is 2.66. The molecule has 1 aliphatic rings. The zero-order valence-corrected chi connectivity index (χ0v) is 9.27. The average Bonchev–Trinajstić information content (AvgIpc) is 2.93. The molecule has 0 radical (unpaired) electrons. The number of carbonyl (C=O) groups excluding carboxylic acids is 1. The van der Waals surface area contributed by atoms with Gasteiger partial charge < -0.3 is 5.32 Å². The Bertz CT molecular complexity index is 395. The van der Waals surface area contributed by atoms with E-state index in [-0.39, 0.29) is 17.5 Å². The van der Waals surface area contributed by atoms with Crippen LogP contribution in [0.5, 0.6) is 0 Å². The molecule has 2 rings (SSSR count). The van der Waals surface area contributed by atoms with Crippen LogP contribution in [-0.2, 0) is 4.79 Å². The normalized spacial score (nSPS) is 15.1. The zero-order valence-electron chi connectivity index (χ0n) is 7.69. The van der Waals surface area contributed by atoms with Gasteiger partial charge in [-0.05, 0) is 25.0 Å². The highest BCUT2D eigenvalue weighted by Gasteiger charge is 2.30. The van der Waals surface area contributed by atoms with E-state index in [1.54, 1.807) is 0 Å². The molecule has 1 aliphatic carbocycles. The Hall–Kier alpha value is -0.970. The van der Waals surface area contributed by atoms with E-state index in [9.17, 15) is 13.6 Å². The minimum Gasteiger partial charge on any atom is -0.321 e. The van der Waals surface area contributed by atoms with Crippen molar-refractivity contribution < 1.29 is 13.6 Å². The van der Waals surface area contributed by atoms with Gasteiger partial charge in [0, 0.05) is 10.4 Å². The number of halogens is 3. The Kier molecular flexibility index (Phi) is 2.73.